The molecule has 1 aromatic carbocycles. The number of halogens is 1. The molecule has 0 bridgehead atoms. The third-order valence-corrected chi connectivity index (χ3v) is 5.01. The number of carboxylic acid groups (broad SMARTS) is 1. The number of rotatable bonds is 4. The third kappa shape index (κ3) is 3.40. The van der Waals surface area contributed by atoms with E-state index in [0.29, 0.717) is 4.47 Å². The topological polar surface area (TPSA) is 96.4 Å². The number of pyridine rings is 1. The quantitative estimate of drug-likeness (QED) is 0.862. The van der Waals surface area contributed by atoms with Gasteiger partial charge in [0.2, 0.25) is 0 Å². The lowest BCUT2D eigenvalue weighted by molar-refractivity contribution is 0.0698. The first-order chi connectivity index (χ1) is 9.81. The minimum atomic E-state index is -3.92. The van der Waals surface area contributed by atoms with Crippen LogP contribution in [0.4, 0.5) is 5.69 Å². The predicted octanol–water partition coefficient (Wildman–Crippen LogP) is 2.65. The molecule has 2 rings (SSSR count). The van der Waals surface area contributed by atoms with Crippen molar-refractivity contribution >= 4 is 37.6 Å². The van der Waals surface area contributed by atoms with Crippen molar-refractivity contribution < 1.29 is 18.3 Å². The Labute approximate surface area is 130 Å². The zero-order valence-electron chi connectivity index (χ0n) is 10.9. The Bertz CT molecular complexity index is 806. The smallest absolute Gasteiger partial charge is 0.337 e. The van der Waals surface area contributed by atoms with Crippen LogP contribution in [0.15, 0.2) is 46.0 Å². The van der Waals surface area contributed by atoms with Crippen molar-refractivity contribution in [2.24, 2.45) is 0 Å². The van der Waals surface area contributed by atoms with Gasteiger partial charge in [-0.15, -0.1) is 0 Å². The largest absolute Gasteiger partial charge is 0.478 e. The lowest BCUT2D eigenvalue weighted by Gasteiger charge is -2.11. The highest BCUT2D eigenvalue weighted by Gasteiger charge is 2.20. The molecule has 2 aromatic rings. The van der Waals surface area contributed by atoms with Crippen molar-refractivity contribution in [1.29, 1.82) is 0 Å². The summed E-state index contributed by atoms with van der Waals surface area (Å²) in [5.74, 6) is -1.24. The maximum Gasteiger partial charge on any atom is 0.337 e. The summed E-state index contributed by atoms with van der Waals surface area (Å²) in [5.41, 5.74) is 0.641. The molecule has 0 amide bonds. The van der Waals surface area contributed by atoms with Crippen LogP contribution >= 0.6 is 15.9 Å². The van der Waals surface area contributed by atoms with Gasteiger partial charge in [0.15, 0.2) is 0 Å². The number of aryl methyl sites for hydroxylation is 1. The van der Waals surface area contributed by atoms with Crippen LogP contribution in [0.2, 0.25) is 0 Å². The molecule has 8 heteroatoms. The number of benzene rings is 1. The van der Waals surface area contributed by atoms with Crippen LogP contribution in [0.3, 0.4) is 0 Å². The molecule has 0 fully saturated rings. The Balaban J connectivity index is 2.45. The van der Waals surface area contributed by atoms with Crippen LogP contribution in [0.25, 0.3) is 0 Å². The number of aromatic nitrogens is 1. The van der Waals surface area contributed by atoms with Gasteiger partial charge in [0.1, 0.15) is 4.90 Å². The fourth-order valence-electron chi connectivity index (χ4n) is 1.69. The molecule has 0 saturated carbocycles. The Hall–Kier alpha value is -1.93. The van der Waals surface area contributed by atoms with Crippen molar-refractivity contribution in [2.45, 2.75) is 11.8 Å². The average molecular weight is 371 g/mol. The molecule has 0 spiro atoms. The van der Waals surface area contributed by atoms with Crippen molar-refractivity contribution in [3.63, 3.8) is 0 Å². The zero-order chi connectivity index (χ0) is 15.6. The maximum atomic E-state index is 12.3. The van der Waals surface area contributed by atoms with Crippen LogP contribution < -0.4 is 4.72 Å². The van der Waals surface area contributed by atoms with Gasteiger partial charge >= 0.3 is 5.97 Å². The molecule has 21 heavy (non-hydrogen) atoms. The van der Waals surface area contributed by atoms with E-state index in [-0.39, 0.29) is 16.1 Å². The summed E-state index contributed by atoms with van der Waals surface area (Å²) in [6, 6.07) is 5.99. The second kappa shape index (κ2) is 5.82. The molecule has 2 N–H and O–H groups in total. The van der Waals surface area contributed by atoms with Crippen LogP contribution in [0, 0.1) is 6.92 Å². The SMILES string of the molecule is Cc1ccc(S(=O)(=O)Nc2cnccc2C(=O)O)c(Br)c1. The van der Waals surface area contributed by atoms with Gasteiger partial charge in [-0.05, 0) is 46.6 Å². The normalized spacial score (nSPS) is 11.1. The first-order valence-corrected chi connectivity index (χ1v) is 8.05. The standard InChI is InChI=1S/C13H11BrN2O4S/c1-8-2-3-12(10(14)6-8)21(19,20)16-11-7-15-5-4-9(11)13(17)18/h2-7,16H,1H3,(H,17,18). The first kappa shape index (κ1) is 15.5. The monoisotopic (exact) mass is 370 g/mol. The van der Waals surface area contributed by atoms with E-state index in [1.54, 1.807) is 12.1 Å². The molecular formula is C13H11BrN2O4S. The number of carbonyl (C=O) groups is 1. The van der Waals surface area contributed by atoms with Gasteiger partial charge in [0.25, 0.3) is 10.0 Å². The van der Waals surface area contributed by atoms with E-state index in [0.717, 1.165) is 11.8 Å². The van der Waals surface area contributed by atoms with Crippen molar-refractivity contribution in [3.8, 4) is 0 Å². The molecule has 1 aromatic heterocycles. The number of hydrogen-bond donors (Lipinski definition) is 2. The van der Waals surface area contributed by atoms with Crippen LogP contribution in [0.1, 0.15) is 15.9 Å². The molecule has 110 valence electrons. The summed E-state index contributed by atoms with van der Waals surface area (Å²) in [5, 5.41) is 9.05. The average Bonchev–Trinajstić information content (AvgIpc) is 2.37. The van der Waals surface area contributed by atoms with Gasteiger partial charge in [-0.1, -0.05) is 6.07 Å². The van der Waals surface area contributed by atoms with E-state index >= 15 is 0 Å². The van der Waals surface area contributed by atoms with Crippen molar-refractivity contribution in [3.05, 3.63) is 52.3 Å². The molecule has 1 heterocycles. The number of anilines is 1. The fraction of sp³-hybridized carbons (Fsp3) is 0.0769. The molecule has 0 aliphatic carbocycles. The number of carboxylic acids is 1. The maximum absolute atomic E-state index is 12.3. The summed E-state index contributed by atoms with van der Waals surface area (Å²) in [6.07, 6.45) is 2.44. The highest BCUT2D eigenvalue weighted by atomic mass is 79.9. The lowest BCUT2D eigenvalue weighted by atomic mass is 10.2. The Kier molecular flexibility index (Phi) is 4.29. The Morgan fingerprint density at radius 2 is 2.05 bits per heavy atom. The number of nitrogens with zero attached hydrogens (tertiary/aromatic N) is 1. The molecule has 0 unspecified atom stereocenters. The van der Waals surface area contributed by atoms with Crippen LogP contribution in [-0.2, 0) is 10.0 Å². The molecule has 0 aliphatic rings. The van der Waals surface area contributed by atoms with Crippen LogP contribution in [0.5, 0.6) is 0 Å². The van der Waals surface area contributed by atoms with Crippen molar-refractivity contribution in [1.82, 2.24) is 4.98 Å². The molecule has 6 nitrogen and oxygen atoms in total. The molecule has 0 radical (unpaired) electrons. The van der Waals surface area contributed by atoms with Crippen LogP contribution in [-0.4, -0.2) is 24.5 Å². The van der Waals surface area contributed by atoms with Crippen molar-refractivity contribution in [2.75, 3.05) is 4.72 Å². The van der Waals surface area contributed by atoms with E-state index in [2.05, 4.69) is 25.6 Å². The molecule has 0 atom stereocenters. The highest BCUT2D eigenvalue weighted by Crippen LogP contribution is 2.26. The summed E-state index contributed by atoms with van der Waals surface area (Å²) in [6.45, 7) is 1.83. The molecule has 0 aliphatic heterocycles. The third-order valence-electron chi connectivity index (χ3n) is 2.67. The van der Waals surface area contributed by atoms with E-state index in [9.17, 15) is 13.2 Å². The number of aromatic carboxylic acids is 1. The molecule has 0 saturated heterocycles. The second-order valence-electron chi connectivity index (χ2n) is 4.27. The molecular weight excluding hydrogens is 360 g/mol. The van der Waals surface area contributed by atoms with E-state index in [1.807, 2.05) is 6.92 Å². The Morgan fingerprint density at radius 1 is 1.33 bits per heavy atom. The zero-order valence-corrected chi connectivity index (χ0v) is 13.3. The summed E-state index contributed by atoms with van der Waals surface area (Å²) in [7, 11) is -3.92. The van der Waals surface area contributed by atoms with E-state index in [1.165, 1.54) is 18.3 Å². The van der Waals surface area contributed by atoms with Gasteiger partial charge in [-0.3, -0.25) is 9.71 Å². The van der Waals surface area contributed by atoms with E-state index in [4.69, 9.17) is 5.11 Å². The number of sulfonamides is 1. The number of nitrogens with one attached hydrogen (secondary N) is 1. The predicted molar refractivity (Wildman–Crippen MR) is 80.9 cm³/mol. The van der Waals surface area contributed by atoms with Gasteiger partial charge in [0, 0.05) is 10.7 Å². The summed E-state index contributed by atoms with van der Waals surface area (Å²) >= 11 is 3.19. The Morgan fingerprint density at radius 3 is 2.67 bits per heavy atom. The first-order valence-electron chi connectivity index (χ1n) is 5.77. The van der Waals surface area contributed by atoms with Gasteiger partial charge in [0.05, 0.1) is 17.4 Å². The minimum absolute atomic E-state index is 0.0216. The second-order valence-corrected chi connectivity index (χ2v) is 6.77. The van der Waals surface area contributed by atoms with Gasteiger partial charge in [-0.2, -0.15) is 0 Å². The highest BCUT2D eigenvalue weighted by molar-refractivity contribution is 9.10. The summed E-state index contributed by atoms with van der Waals surface area (Å²) in [4.78, 5) is 14.8. The van der Waals surface area contributed by atoms with Gasteiger partial charge < -0.3 is 5.11 Å². The summed E-state index contributed by atoms with van der Waals surface area (Å²) < 4.78 is 27.3. The minimum Gasteiger partial charge on any atom is -0.478 e. The van der Waals surface area contributed by atoms with Gasteiger partial charge in [-0.25, -0.2) is 13.2 Å². The fourth-order valence-corrected chi connectivity index (χ4v) is 3.94. The van der Waals surface area contributed by atoms with E-state index < -0.39 is 16.0 Å². The number of hydrogen-bond acceptors (Lipinski definition) is 4. The lowest BCUT2D eigenvalue weighted by Crippen LogP contribution is -2.16.